The molecule has 5 N–H and O–H groups in total. The second kappa shape index (κ2) is 8.33. The summed E-state index contributed by atoms with van der Waals surface area (Å²) in [6.07, 6.45) is 2.28. The summed E-state index contributed by atoms with van der Waals surface area (Å²) in [4.78, 5) is 22.9. The van der Waals surface area contributed by atoms with E-state index >= 15 is 0 Å². The molecule has 4 rings (SSSR count). The minimum Gasteiger partial charge on any atom is -0.389 e. The van der Waals surface area contributed by atoms with Crippen LogP contribution in [0.1, 0.15) is 16.9 Å². The number of piperidine rings is 1. The normalized spacial score (nSPS) is 19.0. The molecule has 1 aromatic carbocycles. The number of halogens is 2. The summed E-state index contributed by atoms with van der Waals surface area (Å²) in [7, 11) is 0. The molecule has 1 saturated heterocycles. The number of hydrogen-bond acceptors (Lipinski definition) is 7. The average molecular weight is 430 g/mol. The third-order valence-electron chi connectivity index (χ3n) is 4.79. The molecule has 2 atom stereocenters. The smallest absolute Gasteiger partial charge is 0.277 e. The number of nitrogen functional groups attached to an aromatic ring is 1. The number of carbonyl (C=O) groups is 1. The van der Waals surface area contributed by atoms with Crippen molar-refractivity contribution < 1.29 is 13.6 Å². The number of alkyl halides is 1. The van der Waals surface area contributed by atoms with Crippen molar-refractivity contribution in [1.29, 1.82) is 0 Å². The minimum atomic E-state index is -1.05. The summed E-state index contributed by atoms with van der Waals surface area (Å²) in [5, 5.41) is 3.21. The highest BCUT2D eigenvalue weighted by atomic mass is 32.1. The number of benzene rings is 1. The zero-order valence-corrected chi connectivity index (χ0v) is 16.7. The number of hydrogen-bond donors (Lipinski definition) is 3. The molecule has 1 fully saturated rings. The van der Waals surface area contributed by atoms with Crippen LogP contribution >= 0.6 is 11.3 Å². The summed E-state index contributed by atoms with van der Waals surface area (Å²) in [6.45, 7) is 0.639. The van der Waals surface area contributed by atoms with Crippen LogP contribution in [0.25, 0.3) is 10.6 Å². The summed E-state index contributed by atoms with van der Waals surface area (Å²) < 4.78 is 28.1. The van der Waals surface area contributed by atoms with E-state index in [2.05, 4.69) is 15.3 Å². The van der Waals surface area contributed by atoms with E-state index in [0.717, 1.165) is 11.3 Å². The number of carbonyl (C=O) groups excluding carboxylic acids is 1. The van der Waals surface area contributed by atoms with Gasteiger partial charge in [0.1, 0.15) is 22.0 Å². The molecule has 0 spiro atoms. The van der Waals surface area contributed by atoms with E-state index in [-0.39, 0.29) is 28.8 Å². The Hall–Kier alpha value is -3.11. The molecule has 1 aliphatic heterocycles. The van der Waals surface area contributed by atoms with Crippen molar-refractivity contribution in [3.05, 3.63) is 54.2 Å². The molecule has 156 valence electrons. The van der Waals surface area contributed by atoms with E-state index in [0.29, 0.717) is 29.3 Å². The molecule has 3 heterocycles. The van der Waals surface area contributed by atoms with Crippen molar-refractivity contribution in [2.45, 2.75) is 18.6 Å². The van der Waals surface area contributed by atoms with E-state index in [1.54, 1.807) is 35.4 Å². The van der Waals surface area contributed by atoms with Crippen LogP contribution in [0.5, 0.6) is 0 Å². The minimum absolute atomic E-state index is 0.00762. The lowest BCUT2D eigenvalue weighted by Crippen LogP contribution is -2.48. The quantitative estimate of drug-likeness (QED) is 0.587. The Labute approximate surface area is 175 Å². The van der Waals surface area contributed by atoms with Gasteiger partial charge in [0.15, 0.2) is 5.69 Å². The van der Waals surface area contributed by atoms with Crippen molar-refractivity contribution in [2.24, 2.45) is 5.73 Å². The number of anilines is 3. The Bertz CT molecular complexity index is 1060. The van der Waals surface area contributed by atoms with E-state index in [1.165, 1.54) is 12.3 Å². The Balaban J connectivity index is 1.59. The van der Waals surface area contributed by atoms with Gasteiger partial charge < -0.3 is 21.7 Å². The van der Waals surface area contributed by atoms with Gasteiger partial charge in [0.25, 0.3) is 5.91 Å². The zero-order chi connectivity index (χ0) is 21.3. The van der Waals surface area contributed by atoms with Gasteiger partial charge >= 0.3 is 0 Å². The number of rotatable bonds is 4. The third-order valence-corrected chi connectivity index (χ3v) is 5.71. The summed E-state index contributed by atoms with van der Waals surface area (Å²) in [6, 6.07) is 7.52. The number of nitrogens with one attached hydrogen (secondary N) is 1. The van der Waals surface area contributed by atoms with Crippen molar-refractivity contribution >= 4 is 33.6 Å². The summed E-state index contributed by atoms with van der Waals surface area (Å²) in [5.74, 6) is -1.01. The Kier molecular flexibility index (Phi) is 5.60. The van der Waals surface area contributed by atoms with Gasteiger partial charge in [-0.3, -0.25) is 9.78 Å². The van der Waals surface area contributed by atoms with Gasteiger partial charge in [-0.25, -0.2) is 13.8 Å². The highest BCUT2D eigenvalue weighted by molar-refractivity contribution is 7.19. The van der Waals surface area contributed by atoms with Crippen LogP contribution in [0.4, 0.5) is 25.2 Å². The van der Waals surface area contributed by atoms with Crippen molar-refractivity contribution in [1.82, 2.24) is 9.97 Å². The second-order valence-corrected chi connectivity index (χ2v) is 8.09. The Morgan fingerprint density at radius 1 is 1.27 bits per heavy atom. The maximum absolute atomic E-state index is 14.1. The topological polar surface area (TPSA) is 110 Å². The SMILES string of the molecule is Nc1sc(-c2ccccc2F)nc1C(=O)Nc1cnccc1N1CC(N)CC(F)C1. The van der Waals surface area contributed by atoms with Gasteiger partial charge in [-0.05, 0) is 24.6 Å². The molecule has 0 aliphatic carbocycles. The molecule has 30 heavy (non-hydrogen) atoms. The third kappa shape index (κ3) is 4.10. The average Bonchev–Trinajstić information content (AvgIpc) is 3.09. The largest absolute Gasteiger partial charge is 0.389 e. The van der Waals surface area contributed by atoms with Crippen molar-refractivity contribution in [3.63, 3.8) is 0 Å². The van der Waals surface area contributed by atoms with Gasteiger partial charge in [0.2, 0.25) is 0 Å². The van der Waals surface area contributed by atoms with Crippen LogP contribution in [0, 0.1) is 5.82 Å². The monoisotopic (exact) mass is 430 g/mol. The molecule has 10 heteroatoms. The molecular weight excluding hydrogens is 410 g/mol. The Morgan fingerprint density at radius 3 is 2.83 bits per heavy atom. The van der Waals surface area contributed by atoms with E-state index in [1.807, 2.05) is 0 Å². The fourth-order valence-electron chi connectivity index (χ4n) is 3.46. The lowest BCUT2D eigenvalue weighted by molar-refractivity contribution is 0.102. The van der Waals surface area contributed by atoms with Crippen LogP contribution in [-0.2, 0) is 0 Å². The number of nitrogens with two attached hydrogens (primary N) is 2. The number of thiazole rings is 1. The molecule has 7 nitrogen and oxygen atoms in total. The summed E-state index contributed by atoms with van der Waals surface area (Å²) in [5.41, 5.74) is 13.2. The first-order valence-corrected chi connectivity index (χ1v) is 10.1. The lowest BCUT2D eigenvalue weighted by Gasteiger charge is -2.35. The maximum atomic E-state index is 14.1. The standard InChI is InChI=1S/C20H20F2N6OS/c21-11-7-12(23)10-28(9-11)16-5-6-25-8-15(16)26-19(29)17-18(24)30-20(27-17)13-3-1-2-4-14(13)22/h1-6,8,11-12H,7,9-10,23-24H2,(H,26,29). The van der Waals surface area contributed by atoms with Crippen LogP contribution in [0.3, 0.4) is 0 Å². The highest BCUT2D eigenvalue weighted by Gasteiger charge is 2.27. The lowest BCUT2D eigenvalue weighted by atomic mass is 10.0. The van der Waals surface area contributed by atoms with Crippen LogP contribution < -0.4 is 21.7 Å². The second-order valence-electron chi connectivity index (χ2n) is 7.06. The van der Waals surface area contributed by atoms with Crippen molar-refractivity contribution in [2.75, 3.05) is 29.0 Å². The van der Waals surface area contributed by atoms with Gasteiger partial charge in [-0.1, -0.05) is 23.5 Å². The molecule has 2 unspecified atom stereocenters. The van der Waals surface area contributed by atoms with Gasteiger partial charge in [-0.15, -0.1) is 0 Å². The fourth-order valence-corrected chi connectivity index (χ4v) is 4.31. The first-order chi connectivity index (χ1) is 14.4. The molecule has 0 saturated carbocycles. The first-order valence-electron chi connectivity index (χ1n) is 9.33. The molecule has 2 aromatic heterocycles. The molecule has 1 aliphatic rings. The van der Waals surface area contributed by atoms with Gasteiger partial charge in [0.05, 0.1) is 17.6 Å². The van der Waals surface area contributed by atoms with E-state index < -0.39 is 17.9 Å². The first kappa shape index (κ1) is 20.2. The Morgan fingerprint density at radius 2 is 2.07 bits per heavy atom. The fraction of sp³-hybridized carbons (Fsp3) is 0.250. The maximum Gasteiger partial charge on any atom is 0.277 e. The highest BCUT2D eigenvalue weighted by Crippen LogP contribution is 2.33. The van der Waals surface area contributed by atoms with Crippen LogP contribution in [0.15, 0.2) is 42.7 Å². The molecule has 1 amide bonds. The number of aromatic nitrogens is 2. The number of amides is 1. The van der Waals surface area contributed by atoms with Crippen molar-refractivity contribution in [3.8, 4) is 10.6 Å². The van der Waals surface area contributed by atoms with Gasteiger partial charge in [0, 0.05) is 30.9 Å². The van der Waals surface area contributed by atoms with E-state index in [4.69, 9.17) is 11.5 Å². The zero-order valence-electron chi connectivity index (χ0n) is 15.9. The van der Waals surface area contributed by atoms with E-state index in [9.17, 15) is 13.6 Å². The predicted octanol–water partition coefficient (Wildman–Crippen LogP) is 3.05. The molecule has 0 bridgehead atoms. The molecule has 0 radical (unpaired) electrons. The number of pyridine rings is 1. The van der Waals surface area contributed by atoms with Gasteiger partial charge in [-0.2, -0.15) is 0 Å². The number of nitrogens with zero attached hydrogens (tertiary/aromatic N) is 3. The molecular formula is C20H20F2N6OS. The van der Waals surface area contributed by atoms with Crippen LogP contribution in [-0.4, -0.2) is 41.2 Å². The summed E-state index contributed by atoms with van der Waals surface area (Å²) >= 11 is 1.03. The molecule has 3 aromatic rings. The predicted molar refractivity (Wildman–Crippen MR) is 114 cm³/mol. The van der Waals surface area contributed by atoms with Crippen LogP contribution in [0.2, 0.25) is 0 Å².